The van der Waals surface area contributed by atoms with Crippen molar-refractivity contribution in [1.29, 1.82) is 0 Å². The first kappa shape index (κ1) is 12.9. The van der Waals surface area contributed by atoms with Gasteiger partial charge in [0.25, 0.3) is 0 Å². The lowest BCUT2D eigenvalue weighted by Gasteiger charge is -2.07. The Labute approximate surface area is 118 Å². The molecule has 2 aromatic heterocycles. The van der Waals surface area contributed by atoms with E-state index in [-0.39, 0.29) is 5.91 Å². The van der Waals surface area contributed by atoms with Gasteiger partial charge in [-0.15, -0.1) is 0 Å². The molecule has 0 bridgehead atoms. The van der Waals surface area contributed by atoms with Gasteiger partial charge < -0.3 is 9.72 Å². The Kier molecular flexibility index (Phi) is 3.81. The molecule has 0 radical (unpaired) electrons. The molecule has 4 heteroatoms. The minimum atomic E-state index is 0.144. The quantitative estimate of drug-likeness (QED) is 0.847. The molecule has 1 atom stereocenters. The predicted molar refractivity (Wildman–Crippen MR) is 78.4 cm³/mol. The van der Waals surface area contributed by atoms with Crippen molar-refractivity contribution in [3.05, 3.63) is 48.4 Å². The van der Waals surface area contributed by atoms with E-state index < -0.39 is 0 Å². The van der Waals surface area contributed by atoms with Gasteiger partial charge in [0.1, 0.15) is 5.65 Å². The number of pyridine rings is 1. The van der Waals surface area contributed by atoms with Crippen LogP contribution in [0.25, 0.3) is 5.65 Å². The van der Waals surface area contributed by atoms with Gasteiger partial charge in [0.2, 0.25) is 5.91 Å². The molecule has 1 unspecified atom stereocenters. The fraction of sp³-hybridized carbons (Fsp3) is 0.375. The van der Waals surface area contributed by atoms with Crippen molar-refractivity contribution in [1.82, 2.24) is 14.7 Å². The second-order valence-electron chi connectivity index (χ2n) is 5.27. The first-order chi connectivity index (χ1) is 9.81. The molecule has 1 aliphatic rings. The molecule has 2 aromatic rings. The number of carbonyl (C=O) groups is 1. The average Bonchev–Trinajstić information content (AvgIpc) is 3.07. The number of carbonyl (C=O) groups excluding carboxylic acids is 1. The van der Waals surface area contributed by atoms with E-state index in [0.29, 0.717) is 18.9 Å². The summed E-state index contributed by atoms with van der Waals surface area (Å²) in [6.07, 6.45) is 11.9. The molecule has 3 rings (SSSR count). The molecular weight excluding hydrogens is 250 g/mol. The first-order valence-corrected chi connectivity index (χ1v) is 7.17. The van der Waals surface area contributed by atoms with Gasteiger partial charge in [0, 0.05) is 31.8 Å². The van der Waals surface area contributed by atoms with E-state index in [9.17, 15) is 4.79 Å². The lowest BCUT2D eigenvalue weighted by molar-refractivity contribution is -0.121. The Bertz CT molecular complexity index is 596. The van der Waals surface area contributed by atoms with Crippen LogP contribution in [0.2, 0.25) is 0 Å². The topological polar surface area (TPSA) is 46.4 Å². The maximum atomic E-state index is 11.8. The number of hydrogen-bond donors (Lipinski definition) is 1. The largest absolute Gasteiger partial charge is 0.356 e. The molecule has 0 fully saturated rings. The van der Waals surface area contributed by atoms with Gasteiger partial charge in [-0.25, -0.2) is 4.98 Å². The van der Waals surface area contributed by atoms with Gasteiger partial charge in [-0.3, -0.25) is 4.79 Å². The van der Waals surface area contributed by atoms with E-state index in [2.05, 4.69) is 22.5 Å². The number of imidazole rings is 1. The Hall–Kier alpha value is -2.10. The van der Waals surface area contributed by atoms with Gasteiger partial charge in [-0.2, -0.15) is 0 Å². The van der Waals surface area contributed by atoms with E-state index in [4.69, 9.17) is 0 Å². The maximum Gasteiger partial charge on any atom is 0.220 e. The Balaban J connectivity index is 1.47. The SMILES string of the molecule is O=C(CC1C=CCC1)NCCc1cn2ccccc2n1. The van der Waals surface area contributed by atoms with E-state index in [0.717, 1.165) is 30.6 Å². The summed E-state index contributed by atoms with van der Waals surface area (Å²) in [5, 5.41) is 2.98. The highest BCUT2D eigenvalue weighted by Gasteiger charge is 2.13. The smallest absolute Gasteiger partial charge is 0.220 e. The third kappa shape index (κ3) is 3.07. The van der Waals surface area contributed by atoms with E-state index in [1.54, 1.807) is 0 Å². The number of nitrogens with one attached hydrogen (secondary N) is 1. The monoisotopic (exact) mass is 269 g/mol. The molecule has 1 N–H and O–H groups in total. The molecule has 2 heterocycles. The third-order valence-corrected chi connectivity index (χ3v) is 3.68. The summed E-state index contributed by atoms with van der Waals surface area (Å²) in [6, 6.07) is 5.94. The number of aromatic nitrogens is 2. The third-order valence-electron chi connectivity index (χ3n) is 3.68. The van der Waals surface area contributed by atoms with Gasteiger partial charge in [0.15, 0.2) is 0 Å². The minimum Gasteiger partial charge on any atom is -0.356 e. The van der Waals surface area contributed by atoms with Crippen LogP contribution in [-0.4, -0.2) is 21.8 Å². The highest BCUT2D eigenvalue weighted by molar-refractivity contribution is 5.76. The Morgan fingerprint density at radius 2 is 2.40 bits per heavy atom. The molecular formula is C16H19N3O. The van der Waals surface area contributed by atoms with Crippen LogP contribution >= 0.6 is 0 Å². The van der Waals surface area contributed by atoms with E-state index in [1.807, 2.05) is 35.0 Å². The van der Waals surface area contributed by atoms with Crippen molar-refractivity contribution < 1.29 is 4.79 Å². The number of nitrogens with zero attached hydrogens (tertiary/aromatic N) is 2. The van der Waals surface area contributed by atoms with Crippen molar-refractivity contribution >= 4 is 11.6 Å². The minimum absolute atomic E-state index is 0.144. The maximum absolute atomic E-state index is 11.8. The van der Waals surface area contributed by atoms with Gasteiger partial charge in [0.05, 0.1) is 5.69 Å². The van der Waals surface area contributed by atoms with Crippen molar-refractivity contribution in [2.24, 2.45) is 5.92 Å². The van der Waals surface area contributed by atoms with Crippen LogP contribution < -0.4 is 5.32 Å². The summed E-state index contributed by atoms with van der Waals surface area (Å²) in [6.45, 7) is 0.652. The number of rotatable bonds is 5. The molecule has 0 spiro atoms. The number of fused-ring (bicyclic) bond motifs is 1. The highest BCUT2D eigenvalue weighted by atomic mass is 16.1. The van der Waals surface area contributed by atoms with Gasteiger partial charge in [-0.05, 0) is 30.9 Å². The van der Waals surface area contributed by atoms with Crippen LogP contribution in [0, 0.1) is 5.92 Å². The molecule has 1 aliphatic carbocycles. The molecule has 0 aromatic carbocycles. The number of hydrogen-bond acceptors (Lipinski definition) is 2. The zero-order chi connectivity index (χ0) is 13.8. The fourth-order valence-corrected chi connectivity index (χ4v) is 2.61. The van der Waals surface area contributed by atoms with Crippen LogP contribution in [0.3, 0.4) is 0 Å². The first-order valence-electron chi connectivity index (χ1n) is 7.17. The standard InChI is InChI=1S/C16H19N3O/c20-16(11-13-5-1-2-6-13)17-9-8-14-12-19-10-4-3-7-15(19)18-14/h1,3-5,7,10,12-13H,2,6,8-9,11H2,(H,17,20). The van der Waals surface area contributed by atoms with Crippen LogP contribution in [0.4, 0.5) is 0 Å². The molecule has 0 aliphatic heterocycles. The van der Waals surface area contributed by atoms with Crippen LogP contribution in [0.5, 0.6) is 0 Å². The van der Waals surface area contributed by atoms with Crippen molar-refractivity contribution in [3.8, 4) is 0 Å². The molecule has 0 saturated heterocycles. The van der Waals surface area contributed by atoms with Crippen molar-refractivity contribution in [2.75, 3.05) is 6.54 Å². The second kappa shape index (κ2) is 5.90. The van der Waals surface area contributed by atoms with Crippen LogP contribution in [-0.2, 0) is 11.2 Å². The summed E-state index contributed by atoms with van der Waals surface area (Å²) >= 11 is 0. The normalized spacial score (nSPS) is 17.7. The predicted octanol–water partition coefficient (Wildman–Crippen LogP) is 2.35. The number of amides is 1. The Morgan fingerprint density at radius 1 is 1.45 bits per heavy atom. The van der Waals surface area contributed by atoms with Crippen LogP contribution in [0.15, 0.2) is 42.7 Å². The lowest BCUT2D eigenvalue weighted by atomic mass is 10.1. The zero-order valence-electron chi connectivity index (χ0n) is 11.5. The lowest BCUT2D eigenvalue weighted by Crippen LogP contribution is -2.27. The van der Waals surface area contributed by atoms with E-state index >= 15 is 0 Å². The summed E-state index contributed by atoms with van der Waals surface area (Å²) < 4.78 is 2.00. The van der Waals surface area contributed by atoms with Gasteiger partial charge in [-0.1, -0.05) is 18.2 Å². The summed E-state index contributed by atoms with van der Waals surface area (Å²) in [5.74, 6) is 0.579. The zero-order valence-corrected chi connectivity index (χ0v) is 11.5. The number of allylic oxidation sites excluding steroid dienone is 2. The fourth-order valence-electron chi connectivity index (χ4n) is 2.61. The van der Waals surface area contributed by atoms with E-state index in [1.165, 1.54) is 0 Å². The van der Waals surface area contributed by atoms with Gasteiger partial charge >= 0.3 is 0 Å². The molecule has 104 valence electrons. The van der Waals surface area contributed by atoms with Crippen molar-refractivity contribution in [3.63, 3.8) is 0 Å². The average molecular weight is 269 g/mol. The van der Waals surface area contributed by atoms with Crippen molar-refractivity contribution in [2.45, 2.75) is 25.7 Å². The highest BCUT2D eigenvalue weighted by Crippen LogP contribution is 2.19. The van der Waals surface area contributed by atoms with Crippen LogP contribution in [0.1, 0.15) is 25.0 Å². The second-order valence-corrected chi connectivity index (χ2v) is 5.27. The summed E-state index contributed by atoms with van der Waals surface area (Å²) in [7, 11) is 0. The molecule has 20 heavy (non-hydrogen) atoms. The molecule has 1 amide bonds. The molecule has 0 saturated carbocycles. The summed E-state index contributed by atoms with van der Waals surface area (Å²) in [5.41, 5.74) is 1.96. The summed E-state index contributed by atoms with van der Waals surface area (Å²) in [4.78, 5) is 16.3. The Morgan fingerprint density at radius 3 is 3.20 bits per heavy atom. The molecule has 4 nitrogen and oxygen atoms in total.